The molecular weight excluding hydrogens is 510 g/mol. The summed E-state index contributed by atoms with van der Waals surface area (Å²) in [4.78, 5) is 28.5. The number of benzene rings is 3. The maximum absolute atomic E-state index is 13.9. The van der Waals surface area contributed by atoms with Crippen LogP contribution in [0.3, 0.4) is 0 Å². The van der Waals surface area contributed by atoms with E-state index >= 15 is 0 Å². The van der Waals surface area contributed by atoms with Crippen molar-refractivity contribution < 1.29 is 18.0 Å². The largest absolute Gasteiger partial charge is 0.354 e. The number of amides is 2. The molecule has 0 aromatic heterocycles. The summed E-state index contributed by atoms with van der Waals surface area (Å²) in [5.41, 5.74) is 4.17. The Labute approximate surface area is 232 Å². The number of nitrogens with zero attached hydrogens (tertiary/aromatic N) is 2. The summed E-state index contributed by atoms with van der Waals surface area (Å²) in [5.74, 6) is -0.737. The molecule has 0 aliphatic rings. The SMILES string of the molecule is CCCCNC(=O)[C@H](C)N(Cc1cccc(C)c1)C(=O)CN(c1ccc(C)cc1)S(=O)(=O)c1ccc(C)cc1. The smallest absolute Gasteiger partial charge is 0.264 e. The van der Waals surface area contributed by atoms with Gasteiger partial charge in [0.05, 0.1) is 10.6 Å². The second-order valence-electron chi connectivity index (χ2n) is 9.99. The number of sulfonamides is 1. The maximum atomic E-state index is 13.9. The molecule has 0 spiro atoms. The first-order chi connectivity index (χ1) is 18.5. The molecule has 0 aliphatic carbocycles. The zero-order valence-corrected chi connectivity index (χ0v) is 24.3. The van der Waals surface area contributed by atoms with Crippen molar-refractivity contribution in [3.8, 4) is 0 Å². The molecule has 8 heteroatoms. The summed E-state index contributed by atoms with van der Waals surface area (Å²) in [6.07, 6.45) is 1.77. The highest BCUT2D eigenvalue weighted by Crippen LogP contribution is 2.25. The topological polar surface area (TPSA) is 86.8 Å². The average molecular weight is 550 g/mol. The zero-order chi connectivity index (χ0) is 28.6. The Kier molecular flexibility index (Phi) is 10.3. The average Bonchev–Trinajstić information content (AvgIpc) is 2.90. The summed E-state index contributed by atoms with van der Waals surface area (Å²) in [7, 11) is -4.07. The lowest BCUT2D eigenvalue weighted by molar-refractivity contribution is -0.139. The number of carbonyl (C=O) groups excluding carboxylic acids is 2. The molecule has 3 rings (SSSR count). The van der Waals surface area contributed by atoms with Gasteiger partial charge in [-0.05, 0) is 63.9 Å². The summed E-state index contributed by atoms with van der Waals surface area (Å²) in [6.45, 7) is 9.72. The number of hydrogen-bond donors (Lipinski definition) is 1. The van der Waals surface area contributed by atoms with E-state index in [1.165, 1.54) is 4.90 Å². The third kappa shape index (κ3) is 7.93. The van der Waals surface area contributed by atoms with Crippen LogP contribution >= 0.6 is 0 Å². The molecule has 0 heterocycles. The van der Waals surface area contributed by atoms with Gasteiger partial charge >= 0.3 is 0 Å². The van der Waals surface area contributed by atoms with Crippen molar-refractivity contribution in [1.29, 1.82) is 0 Å². The van der Waals surface area contributed by atoms with E-state index in [1.807, 2.05) is 64.1 Å². The summed E-state index contributed by atoms with van der Waals surface area (Å²) in [6, 6.07) is 20.5. The van der Waals surface area contributed by atoms with Gasteiger partial charge in [0.1, 0.15) is 12.6 Å². The molecule has 0 fully saturated rings. The molecule has 1 N–H and O–H groups in total. The van der Waals surface area contributed by atoms with Crippen LogP contribution in [0.1, 0.15) is 48.9 Å². The Bertz CT molecular complexity index is 1370. The molecule has 39 heavy (non-hydrogen) atoms. The number of unbranched alkanes of at least 4 members (excludes halogenated alkanes) is 1. The van der Waals surface area contributed by atoms with Gasteiger partial charge in [-0.2, -0.15) is 0 Å². The van der Waals surface area contributed by atoms with Gasteiger partial charge < -0.3 is 10.2 Å². The monoisotopic (exact) mass is 549 g/mol. The third-order valence-corrected chi connectivity index (χ3v) is 8.43. The van der Waals surface area contributed by atoms with E-state index in [9.17, 15) is 18.0 Å². The predicted octanol–water partition coefficient (Wildman–Crippen LogP) is 5.14. The number of aryl methyl sites for hydroxylation is 3. The maximum Gasteiger partial charge on any atom is 0.264 e. The first kappa shape index (κ1) is 29.9. The van der Waals surface area contributed by atoms with Crippen LogP contribution in [0.15, 0.2) is 77.7 Å². The normalized spacial score (nSPS) is 12.0. The lowest BCUT2D eigenvalue weighted by Crippen LogP contribution is -2.51. The van der Waals surface area contributed by atoms with Crippen LogP contribution in [0.4, 0.5) is 5.69 Å². The van der Waals surface area contributed by atoms with Crippen molar-refractivity contribution in [2.24, 2.45) is 0 Å². The second-order valence-corrected chi connectivity index (χ2v) is 11.9. The Hall–Kier alpha value is -3.65. The van der Waals surface area contributed by atoms with Gasteiger partial charge in [0.25, 0.3) is 10.0 Å². The molecule has 3 aromatic rings. The minimum absolute atomic E-state index is 0.0945. The van der Waals surface area contributed by atoms with Crippen LogP contribution in [0.5, 0.6) is 0 Å². The molecule has 2 amide bonds. The van der Waals surface area contributed by atoms with E-state index in [2.05, 4.69) is 5.32 Å². The standard InChI is InChI=1S/C31H39N3O4S/c1-6-7-19-32-31(36)26(5)33(21-27-10-8-9-25(4)20-27)30(35)22-34(28-15-11-23(2)12-16-28)39(37,38)29-17-13-24(3)14-18-29/h8-18,20,26H,6-7,19,21-22H2,1-5H3,(H,32,36)/t26-/m0/s1. The summed E-state index contributed by atoms with van der Waals surface area (Å²) in [5, 5.41) is 2.90. The predicted molar refractivity (Wildman–Crippen MR) is 156 cm³/mol. The van der Waals surface area contributed by atoms with E-state index in [0.29, 0.717) is 12.2 Å². The Balaban J connectivity index is 1.99. The fraction of sp³-hybridized carbons (Fsp3) is 0.355. The number of hydrogen-bond acceptors (Lipinski definition) is 4. The van der Waals surface area contributed by atoms with Gasteiger partial charge in [0.15, 0.2) is 0 Å². The fourth-order valence-corrected chi connectivity index (χ4v) is 5.62. The molecule has 0 bridgehead atoms. The number of nitrogens with one attached hydrogen (secondary N) is 1. The number of rotatable bonds is 12. The van der Waals surface area contributed by atoms with Crippen LogP contribution in [0.25, 0.3) is 0 Å². The Morgan fingerprint density at radius 3 is 2.08 bits per heavy atom. The van der Waals surface area contributed by atoms with E-state index in [-0.39, 0.29) is 17.3 Å². The van der Waals surface area contributed by atoms with Crippen molar-refractivity contribution in [3.63, 3.8) is 0 Å². The van der Waals surface area contributed by atoms with Crippen molar-refractivity contribution in [2.45, 2.75) is 64.9 Å². The van der Waals surface area contributed by atoms with E-state index in [1.54, 1.807) is 43.3 Å². The molecule has 3 aromatic carbocycles. The highest BCUT2D eigenvalue weighted by atomic mass is 32.2. The van der Waals surface area contributed by atoms with E-state index in [0.717, 1.165) is 39.4 Å². The van der Waals surface area contributed by atoms with Crippen molar-refractivity contribution in [3.05, 3.63) is 95.1 Å². The molecule has 1 atom stereocenters. The van der Waals surface area contributed by atoms with Crippen molar-refractivity contribution in [2.75, 3.05) is 17.4 Å². The van der Waals surface area contributed by atoms with Crippen LogP contribution < -0.4 is 9.62 Å². The molecule has 0 saturated heterocycles. The second kappa shape index (κ2) is 13.4. The fourth-order valence-electron chi connectivity index (χ4n) is 4.20. The van der Waals surface area contributed by atoms with Gasteiger partial charge in [0.2, 0.25) is 11.8 Å². The zero-order valence-electron chi connectivity index (χ0n) is 23.5. The van der Waals surface area contributed by atoms with Crippen LogP contribution in [0, 0.1) is 20.8 Å². The third-order valence-electron chi connectivity index (χ3n) is 6.64. The lowest BCUT2D eigenvalue weighted by atomic mass is 10.1. The Morgan fingerprint density at radius 1 is 0.872 bits per heavy atom. The molecule has 0 unspecified atom stereocenters. The molecule has 0 aliphatic heterocycles. The first-order valence-corrected chi connectivity index (χ1v) is 14.8. The van der Waals surface area contributed by atoms with Gasteiger partial charge in [-0.3, -0.25) is 13.9 Å². The highest BCUT2D eigenvalue weighted by molar-refractivity contribution is 7.92. The minimum Gasteiger partial charge on any atom is -0.354 e. The number of carbonyl (C=O) groups is 2. The van der Waals surface area contributed by atoms with Crippen molar-refractivity contribution in [1.82, 2.24) is 10.2 Å². The Morgan fingerprint density at radius 2 is 1.49 bits per heavy atom. The minimum atomic E-state index is -4.07. The molecule has 208 valence electrons. The van der Waals surface area contributed by atoms with Crippen LogP contribution in [-0.4, -0.2) is 44.3 Å². The van der Waals surface area contributed by atoms with Crippen LogP contribution in [0.2, 0.25) is 0 Å². The van der Waals surface area contributed by atoms with E-state index < -0.39 is 28.5 Å². The van der Waals surface area contributed by atoms with Gasteiger partial charge in [-0.25, -0.2) is 8.42 Å². The number of anilines is 1. The summed E-state index contributed by atoms with van der Waals surface area (Å²) < 4.78 is 28.8. The van der Waals surface area contributed by atoms with Gasteiger partial charge in [-0.15, -0.1) is 0 Å². The molecular formula is C31H39N3O4S. The van der Waals surface area contributed by atoms with Gasteiger partial charge in [-0.1, -0.05) is 78.6 Å². The van der Waals surface area contributed by atoms with Crippen LogP contribution in [-0.2, 0) is 26.2 Å². The van der Waals surface area contributed by atoms with E-state index in [4.69, 9.17) is 0 Å². The molecule has 0 radical (unpaired) electrons. The quantitative estimate of drug-likeness (QED) is 0.317. The highest BCUT2D eigenvalue weighted by Gasteiger charge is 2.32. The van der Waals surface area contributed by atoms with Crippen molar-refractivity contribution >= 4 is 27.5 Å². The lowest BCUT2D eigenvalue weighted by Gasteiger charge is -2.32. The summed E-state index contributed by atoms with van der Waals surface area (Å²) >= 11 is 0. The molecule has 7 nitrogen and oxygen atoms in total. The first-order valence-electron chi connectivity index (χ1n) is 13.3. The van der Waals surface area contributed by atoms with Gasteiger partial charge in [0, 0.05) is 13.1 Å². The molecule has 0 saturated carbocycles.